The molecule has 0 saturated carbocycles. The lowest BCUT2D eigenvalue weighted by Gasteiger charge is -2.19. The molecule has 0 aromatic carbocycles. The molecule has 9 heterocycles. The van der Waals surface area contributed by atoms with E-state index in [1.165, 1.54) is 17.5 Å². The highest BCUT2D eigenvalue weighted by atomic mass is 32.1. The number of fused-ring (bicyclic) bond motifs is 3. The topological polar surface area (TPSA) is 147 Å². The maximum atomic E-state index is 11.4. The molecule has 13 nitrogen and oxygen atoms in total. The summed E-state index contributed by atoms with van der Waals surface area (Å²) in [4.78, 5) is 41.5. The molecule has 0 fully saturated rings. The van der Waals surface area contributed by atoms with Crippen LogP contribution in [-0.4, -0.2) is 67.5 Å². The molecule has 3 aliphatic rings. The van der Waals surface area contributed by atoms with Gasteiger partial charge in [0.1, 0.15) is 51.1 Å². The van der Waals surface area contributed by atoms with E-state index in [2.05, 4.69) is 9.97 Å². The van der Waals surface area contributed by atoms with Crippen molar-refractivity contribution in [3.8, 4) is 98.7 Å². The van der Waals surface area contributed by atoms with Gasteiger partial charge in [-0.15, -0.1) is 34.0 Å². The Labute approximate surface area is 307 Å². The van der Waals surface area contributed by atoms with Gasteiger partial charge in [0.15, 0.2) is 34.5 Å². The third-order valence-electron chi connectivity index (χ3n) is 8.22. The molecule has 262 valence electrons. The number of rotatable bonds is 9. The Morgan fingerprint density at radius 3 is 1.58 bits per heavy atom. The molecule has 16 heteroatoms. The van der Waals surface area contributed by atoms with E-state index in [0.717, 1.165) is 46.3 Å². The van der Waals surface area contributed by atoms with Crippen molar-refractivity contribution in [1.82, 2.24) is 15.0 Å². The lowest BCUT2D eigenvalue weighted by Crippen LogP contribution is -2.16. The second-order valence-corrected chi connectivity index (χ2v) is 14.6. The predicted molar refractivity (Wildman–Crippen MR) is 192 cm³/mol. The van der Waals surface area contributed by atoms with E-state index in [0.29, 0.717) is 98.4 Å². The third kappa shape index (κ3) is 5.64. The summed E-state index contributed by atoms with van der Waals surface area (Å²) in [5.41, 5.74) is 2.51. The van der Waals surface area contributed by atoms with Crippen LogP contribution in [0.15, 0.2) is 48.8 Å². The van der Waals surface area contributed by atoms with E-state index < -0.39 is 0 Å². The molecule has 52 heavy (non-hydrogen) atoms. The zero-order valence-corrected chi connectivity index (χ0v) is 29.6. The Morgan fingerprint density at radius 2 is 0.981 bits per heavy atom. The molecular weight excluding hydrogens is 731 g/mol. The number of pyridine rings is 3. The summed E-state index contributed by atoms with van der Waals surface area (Å²) in [7, 11) is 0. The molecule has 6 aromatic heterocycles. The highest BCUT2D eigenvalue weighted by Crippen LogP contribution is 2.63. The van der Waals surface area contributed by atoms with Gasteiger partial charge in [-0.1, -0.05) is 0 Å². The highest BCUT2D eigenvalue weighted by molar-refractivity contribution is 7.28. The zero-order valence-electron chi connectivity index (χ0n) is 27.2. The van der Waals surface area contributed by atoms with E-state index in [4.69, 9.17) is 42.9 Å². The van der Waals surface area contributed by atoms with Crippen LogP contribution < -0.4 is 37.9 Å². The Balaban J connectivity index is 1.15. The van der Waals surface area contributed by atoms with Crippen molar-refractivity contribution in [2.75, 3.05) is 39.6 Å². The molecule has 0 unspecified atom stereocenters. The van der Waals surface area contributed by atoms with Crippen molar-refractivity contribution in [3.63, 3.8) is 0 Å². The first-order valence-electron chi connectivity index (χ1n) is 16.0. The van der Waals surface area contributed by atoms with Crippen LogP contribution in [0.25, 0.3) is 52.7 Å². The fraction of sp³-hybridized carbons (Fsp3) is 0.194. The minimum atomic E-state index is 0.234. The van der Waals surface area contributed by atoms with Crippen LogP contribution in [0.5, 0.6) is 46.0 Å². The molecule has 0 bridgehead atoms. The van der Waals surface area contributed by atoms with Crippen LogP contribution >= 0.6 is 34.0 Å². The Hall–Kier alpha value is -5.71. The quantitative estimate of drug-likeness (QED) is 0.139. The minimum Gasteiger partial charge on any atom is -0.485 e. The molecule has 0 aliphatic carbocycles. The highest BCUT2D eigenvalue weighted by Gasteiger charge is 2.36. The smallest absolute Gasteiger partial charge is 0.298 e. The van der Waals surface area contributed by atoms with E-state index in [1.54, 1.807) is 53.1 Å². The van der Waals surface area contributed by atoms with Gasteiger partial charge in [0.25, 0.3) is 12.9 Å². The largest absolute Gasteiger partial charge is 0.485 e. The van der Waals surface area contributed by atoms with E-state index >= 15 is 0 Å². The van der Waals surface area contributed by atoms with Gasteiger partial charge in [-0.05, 0) is 30.7 Å². The summed E-state index contributed by atoms with van der Waals surface area (Å²) in [6.07, 6.45) is 3.17. The van der Waals surface area contributed by atoms with Crippen molar-refractivity contribution >= 4 is 47.0 Å². The fourth-order valence-electron chi connectivity index (χ4n) is 6.07. The van der Waals surface area contributed by atoms with Crippen LogP contribution in [0.4, 0.5) is 0 Å². The normalized spacial score (nSPS) is 14.1. The number of hydrogen-bond acceptors (Lipinski definition) is 16. The summed E-state index contributed by atoms with van der Waals surface area (Å²) in [6.45, 7) is 5.28. The summed E-state index contributed by atoms with van der Waals surface area (Å²) in [5.74, 6) is 4.60. The van der Waals surface area contributed by atoms with Crippen LogP contribution in [-0.2, 0) is 9.59 Å². The van der Waals surface area contributed by atoms with Crippen molar-refractivity contribution in [2.45, 2.75) is 6.92 Å². The summed E-state index contributed by atoms with van der Waals surface area (Å²) >= 11 is 4.69. The first-order valence-corrected chi connectivity index (χ1v) is 18.4. The van der Waals surface area contributed by atoms with E-state index in [-0.39, 0.29) is 11.5 Å². The van der Waals surface area contributed by atoms with Gasteiger partial charge in [-0.25, -0.2) is 4.98 Å². The van der Waals surface area contributed by atoms with Gasteiger partial charge in [-0.2, -0.15) is 0 Å². The number of aryl methyl sites for hydroxylation is 1. The minimum absolute atomic E-state index is 0.234. The molecule has 9 rings (SSSR count). The molecule has 6 aromatic rings. The fourth-order valence-corrected chi connectivity index (χ4v) is 9.73. The van der Waals surface area contributed by atoms with Crippen LogP contribution in [0.3, 0.4) is 0 Å². The van der Waals surface area contributed by atoms with Crippen LogP contribution in [0, 0.1) is 6.92 Å². The monoisotopic (exact) mass is 755 g/mol. The van der Waals surface area contributed by atoms with Crippen molar-refractivity contribution in [3.05, 3.63) is 53.7 Å². The molecule has 0 radical (unpaired) electrons. The second kappa shape index (κ2) is 13.4. The maximum absolute atomic E-state index is 11.4. The first kappa shape index (κ1) is 32.2. The first-order chi connectivity index (χ1) is 25.6. The number of aromatic nitrogens is 3. The second-order valence-electron chi connectivity index (χ2n) is 11.4. The van der Waals surface area contributed by atoms with Gasteiger partial charge < -0.3 is 37.9 Å². The van der Waals surface area contributed by atoms with E-state index in [9.17, 15) is 9.59 Å². The van der Waals surface area contributed by atoms with Gasteiger partial charge in [0.05, 0.1) is 47.2 Å². The maximum Gasteiger partial charge on any atom is 0.298 e. The molecule has 0 N–H and O–H groups in total. The average Bonchev–Trinajstić information content (AvgIpc) is 3.86. The number of carbonyl (C=O) groups is 2. The molecule has 3 aliphatic heterocycles. The number of ether oxygens (including phenoxy) is 8. The van der Waals surface area contributed by atoms with Gasteiger partial charge >= 0.3 is 0 Å². The van der Waals surface area contributed by atoms with Gasteiger partial charge in [0.2, 0.25) is 0 Å². The SMILES string of the molecule is Cc1sc(-c2sc(-c3sc(-c4ccnc(-c5cc(OC=O)cc(-c6cc(OC=O)ccn6)n5)c4)c4c3OCCO4)c3c2OCCO3)c2c1OCCO2. The number of hydrogen-bond donors (Lipinski definition) is 0. The lowest BCUT2D eigenvalue weighted by molar-refractivity contribution is -0.121. The third-order valence-corrected chi connectivity index (χ3v) is 12.0. The summed E-state index contributed by atoms with van der Waals surface area (Å²) in [6, 6.07) is 10.1. The summed E-state index contributed by atoms with van der Waals surface area (Å²) < 4.78 is 47.4. The number of carbonyl (C=O) groups excluding carboxylic acids is 2. The van der Waals surface area contributed by atoms with E-state index in [1.807, 2.05) is 19.1 Å². The Kier molecular flexibility index (Phi) is 8.33. The summed E-state index contributed by atoms with van der Waals surface area (Å²) in [5, 5.41) is 0. The number of thiophene rings is 3. The van der Waals surface area contributed by atoms with Gasteiger partial charge in [0, 0.05) is 35.5 Å². The van der Waals surface area contributed by atoms with Crippen molar-refractivity contribution in [1.29, 1.82) is 0 Å². The molecule has 0 spiro atoms. The Morgan fingerprint density at radius 1 is 0.538 bits per heavy atom. The lowest BCUT2D eigenvalue weighted by atomic mass is 10.1. The molecule has 0 atom stereocenters. The van der Waals surface area contributed by atoms with Crippen LogP contribution in [0.2, 0.25) is 0 Å². The molecule has 0 saturated heterocycles. The molecular formula is C36H25N3O10S3. The molecule has 0 amide bonds. The standard InChI is InChI=1S/C36H25N3O10S3/c1-18-26-27(43-7-6-42-26)33(50-18)34-30-31(47-11-10-46-30)36(52-34)35-29-28(44-8-9-45-29)32(51-35)19-2-4-37-22(12-19)24-14-21(49-17-41)15-25(39-24)23-13-20(48-16-40)3-5-38-23/h2-5,12-17H,6-11H2,1H3. The Bertz CT molecular complexity index is 2370. The van der Waals surface area contributed by atoms with Gasteiger partial charge in [-0.3, -0.25) is 19.6 Å². The van der Waals surface area contributed by atoms with Crippen LogP contribution in [0.1, 0.15) is 4.88 Å². The zero-order chi connectivity index (χ0) is 35.2. The average molecular weight is 756 g/mol. The van der Waals surface area contributed by atoms with Crippen molar-refractivity contribution in [2.24, 2.45) is 0 Å². The number of nitrogens with zero attached hydrogens (tertiary/aromatic N) is 3. The van der Waals surface area contributed by atoms with Crippen molar-refractivity contribution < 1.29 is 47.5 Å². The predicted octanol–water partition coefficient (Wildman–Crippen LogP) is 7.08.